The highest BCUT2D eigenvalue weighted by molar-refractivity contribution is 6.02. The third kappa shape index (κ3) is 3.42. The quantitative estimate of drug-likeness (QED) is 0.656. The minimum absolute atomic E-state index is 0.0634. The maximum Gasteiger partial charge on any atom is 0.269 e. The van der Waals surface area contributed by atoms with Crippen LogP contribution in [0.4, 0.5) is 5.95 Å². The fourth-order valence-corrected chi connectivity index (χ4v) is 3.51. The van der Waals surface area contributed by atoms with E-state index in [0.717, 1.165) is 17.7 Å². The Hall–Kier alpha value is -2.82. The number of benzene rings is 2. The van der Waals surface area contributed by atoms with E-state index in [0.29, 0.717) is 17.8 Å². The highest BCUT2D eigenvalue weighted by Gasteiger charge is 2.27. The molecule has 4 rings (SSSR count). The number of fused-ring (bicyclic) bond motifs is 1. The van der Waals surface area contributed by atoms with E-state index in [9.17, 15) is 0 Å². The fourth-order valence-electron chi connectivity index (χ4n) is 3.51. The first-order valence-corrected chi connectivity index (χ1v) is 9.58. The van der Waals surface area contributed by atoms with E-state index in [4.69, 9.17) is 4.99 Å². The van der Waals surface area contributed by atoms with Crippen LogP contribution in [0.15, 0.2) is 53.5 Å². The second-order valence-corrected chi connectivity index (χ2v) is 7.80. The standard InChI is InChI=1S/C22H25N5/c1-14(2)16-5-9-18(10-6-16)20-13-21(27-22(23-20)24-25-26-27)19-11-7-17(8-12-19)15(3)4/h5-12,14-15,21H,13H2,1-4H3. The number of nitrogens with zero attached hydrogens (tertiary/aromatic N) is 5. The molecule has 1 unspecified atom stereocenters. The molecule has 0 spiro atoms. The molecule has 0 saturated heterocycles. The molecule has 3 aromatic rings. The minimum Gasteiger partial charge on any atom is -0.214 e. The van der Waals surface area contributed by atoms with E-state index in [1.165, 1.54) is 16.7 Å². The SMILES string of the molecule is CC(C)c1ccc(C2=Nc3nnnn3C(c3ccc(C(C)C)cc3)C2)cc1. The molecule has 1 aliphatic rings. The van der Waals surface area contributed by atoms with E-state index < -0.39 is 0 Å². The Bertz CT molecular complexity index is 949. The number of aromatic nitrogens is 4. The Morgan fingerprint density at radius 2 is 1.44 bits per heavy atom. The van der Waals surface area contributed by atoms with Crippen molar-refractivity contribution in [1.29, 1.82) is 0 Å². The fraction of sp³-hybridized carbons (Fsp3) is 0.364. The zero-order valence-electron chi connectivity index (χ0n) is 16.3. The van der Waals surface area contributed by atoms with Crippen LogP contribution >= 0.6 is 0 Å². The topological polar surface area (TPSA) is 56.0 Å². The molecule has 1 aliphatic heterocycles. The van der Waals surface area contributed by atoms with Crippen molar-refractivity contribution in [2.75, 3.05) is 0 Å². The zero-order valence-corrected chi connectivity index (χ0v) is 16.3. The summed E-state index contributed by atoms with van der Waals surface area (Å²) in [6, 6.07) is 17.5. The summed E-state index contributed by atoms with van der Waals surface area (Å²) in [6.45, 7) is 8.83. The molecule has 5 nitrogen and oxygen atoms in total. The van der Waals surface area contributed by atoms with Crippen molar-refractivity contribution in [3.05, 3.63) is 70.8 Å². The minimum atomic E-state index is 0.0634. The van der Waals surface area contributed by atoms with Crippen LogP contribution < -0.4 is 0 Å². The smallest absolute Gasteiger partial charge is 0.214 e. The van der Waals surface area contributed by atoms with E-state index in [2.05, 4.69) is 91.8 Å². The molecule has 0 saturated carbocycles. The van der Waals surface area contributed by atoms with Crippen LogP contribution in [0.5, 0.6) is 0 Å². The van der Waals surface area contributed by atoms with Crippen molar-refractivity contribution in [3.8, 4) is 0 Å². The van der Waals surface area contributed by atoms with Gasteiger partial charge in [0.05, 0.1) is 11.8 Å². The first kappa shape index (κ1) is 17.6. The van der Waals surface area contributed by atoms with Crippen molar-refractivity contribution < 1.29 is 0 Å². The summed E-state index contributed by atoms with van der Waals surface area (Å²) in [5.41, 5.74) is 6.05. The van der Waals surface area contributed by atoms with Gasteiger partial charge in [0.1, 0.15) is 0 Å². The number of hydrogen-bond donors (Lipinski definition) is 0. The summed E-state index contributed by atoms with van der Waals surface area (Å²) in [7, 11) is 0. The van der Waals surface area contributed by atoms with Gasteiger partial charge in [0.15, 0.2) is 0 Å². The van der Waals surface area contributed by atoms with Crippen LogP contribution in [0.3, 0.4) is 0 Å². The molecule has 5 heteroatoms. The Morgan fingerprint density at radius 1 is 0.852 bits per heavy atom. The van der Waals surface area contributed by atoms with Gasteiger partial charge in [0, 0.05) is 6.42 Å². The molecular formula is C22H25N5. The molecule has 1 atom stereocenters. The van der Waals surface area contributed by atoms with Gasteiger partial charge in [0.25, 0.3) is 5.95 Å². The van der Waals surface area contributed by atoms with E-state index in [-0.39, 0.29) is 6.04 Å². The lowest BCUT2D eigenvalue weighted by atomic mass is 9.93. The zero-order chi connectivity index (χ0) is 19.0. The van der Waals surface area contributed by atoms with Crippen molar-refractivity contribution in [2.24, 2.45) is 4.99 Å². The highest BCUT2D eigenvalue weighted by Crippen LogP contribution is 2.32. The monoisotopic (exact) mass is 359 g/mol. The second kappa shape index (κ2) is 7.06. The number of tetrazole rings is 1. The van der Waals surface area contributed by atoms with E-state index >= 15 is 0 Å². The summed E-state index contributed by atoms with van der Waals surface area (Å²) in [6.07, 6.45) is 0.778. The van der Waals surface area contributed by atoms with Gasteiger partial charge in [0.2, 0.25) is 0 Å². The van der Waals surface area contributed by atoms with Crippen LogP contribution in [0.2, 0.25) is 0 Å². The Morgan fingerprint density at radius 3 is 2.04 bits per heavy atom. The highest BCUT2D eigenvalue weighted by atomic mass is 15.6. The lowest BCUT2D eigenvalue weighted by Gasteiger charge is -2.23. The van der Waals surface area contributed by atoms with E-state index in [1.54, 1.807) is 0 Å². The molecule has 2 heterocycles. The van der Waals surface area contributed by atoms with Crippen LogP contribution in [0.1, 0.15) is 74.2 Å². The molecule has 138 valence electrons. The van der Waals surface area contributed by atoms with Crippen LogP contribution in [-0.4, -0.2) is 25.9 Å². The van der Waals surface area contributed by atoms with Crippen LogP contribution in [-0.2, 0) is 0 Å². The molecule has 2 aromatic carbocycles. The Labute approximate surface area is 160 Å². The van der Waals surface area contributed by atoms with Gasteiger partial charge in [-0.2, -0.15) is 0 Å². The predicted octanol–water partition coefficient (Wildman–Crippen LogP) is 5.03. The van der Waals surface area contributed by atoms with Crippen LogP contribution in [0.25, 0.3) is 0 Å². The third-order valence-electron chi connectivity index (χ3n) is 5.29. The van der Waals surface area contributed by atoms with Gasteiger partial charge in [-0.15, -0.1) is 0 Å². The Balaban J connectivity index is 1.68. The van der Waals surface area contributed by atoms with Gasteiger partial charge < -0.3 is 0 Å². The number of hydrogen-bond acceptors (Lipinski definition) is 4. The average Bonchev–Trinajstić information content (AvgIpc) is 3.16. The molecular weight excluding hydrogens is 334 g/mol. The molecule has 0 bridgehead atoms. The molecule has 0 N–H and O–H groups in total. The largest absolute Gasteiger partial charge is 0.269 e. The molecule has 1 aromatic heterocycles. The third-order valence-corrected chi connectivity index (χ3v) is 5.29. The average molecular weight is 359 g/mol. The van der Waals surface area contributed by atoms with Crippen molar-refractivity contribution in [3.63, 3.8) is 0 Å². The molecule has 0 fully saturated rings. The first-order valence-electron chi connectivity index (χ1n) is 9.58. The predicted molar refractivity (Wildman–Crippen MR) is 108 cm³/mol. The van der Waals surface area contributed by atoms with Gasteiger partial charge in [-0.3, -0.25) is 0 Å². The molecule has 0 radical (unpaired) electrons. The molecule has 0 aliphatic carbocycles. The van der Waals surface area contributed by atoms with Gasteiger partial charge >= 0.3 is 0 Å². The Kier molecular flexibility index (Phi) is 4.60. The molecule has 0 amide bonds. The second-order valence-electron chi connectivity index (χ2n) is 7.80. The van der Waals surface area contributed by atoms with Crippen molar-refractivity contribution in [1.82, 2.24) is 20.2 Å². The van der Waals surface area contributed by atoms with E-state index in [1.807, 2.05) is 4.68 Å². The number of rotatable bonds is 4. The summed E-state index contributed by atoms with van der Waals surface area (Å²) < 4.78 is 1.83. The van der Waals surface area contributed by atoms with Crippen molar-refractivity contribution >= 4 is 11.7 Å². The van der Waals surface area contributed by atoms with Crippen LogP contribution in [0, 0.1) is 0 Å². The summed E-state index contributed by atoms with van der Waals surface area (Å²) >= 11 is 0. The summed E-state index contributed by atoms with van der Waals surface area (Å²) in [5, 5.41) is 12.1. The number of aliphatic imine (C=N–C) groups is 1. The summed E-state index contributed by atoms with van der Waals surface area (Å²) in [5.74, 6) is 1.61. The maximum atomic E-state index is 4.72. The van der Waals surface area contributed by atoms with Crippen molar-refractivity contribution in [2.45, 2.75) is 52.0 Å². The first-order chi connectivity index (χ1) is 13.0. The maximum absolute atomic E-state index is 4.72. The lowest BCUT2D eigenvalue weighted by molar-refractivity contribution is 0.514. The summed E-state index contributed by atoms with van der Waals surface area (Å²) in [4.78, 5) is 4.72. The molecule has 27 heavy (non-hydrogen) atoms. The normalized spacial score (nSPS) is 16.5. The van der Waals surface area contributed by atoms with Gasteiger partial charge in [-0.1, -0.05) is 81.3 Å². The lowest BCUT2D eigenvalue weighted by Crippen LogP contribution is -2.21. The van der Waals surface area contributed by atoms with Gasteiger partial charge in [-0.25, -0.2) is 9.67 Å². The van der Waals surface area contributed by atoms with Gasteiger partial charge in [-0.05, 0) is 44.5 Å².